The Balaban J connectivity index is 2.30. The van der Waals surface area contributed by atoms with Gasteiger partial charge in [-0.3, -0.25) is 0 Å². The first-order valence-corrected chi connectivity index (χ1v) is 6.87. The van der Waals surface area contributed by atoms with Crippen LogP contribution in [0, 0.1) is 13.8 Å². The van der Waals surface area contributed by atoms with E-state index in [4.69, 9.17) is 0 Å². The van der Waals surface area contributed by atoms with Crippen molar-refractivity contribution in [2.75, 3.05) is 6.26 Å². The van der Waals surface area contributed by atoms with Crippen LogP contribution in [-0.2, 0) is 0 Å². The van der Waals surface area contributed by atoms with E-state index in [-0.39, 0.29) is 0 Å². The number of hydrogen-bond donors (Lipinski definition) is 0. The van der Waals surface area contributed by atoms with Crippen molar-refractivity contribution in [3.63, 3.8) is 0 Å². The number of aromatic nitrogens is 3. The molecule has 2 rings (SSSR count). The second-order valence-corrected chi connectivity index (χ2v) is 4.98. The molecular weight excluding hydrogens is 240 g/mol. The molecule has 0 bridgehead atoms. The zero-order valence-corrected chi connectivity index (χ0v) is 11.0. The van der Waals surface area contributed by atoms with Crippen LogP contribution in [0.25, 0.3) is 0 Å². The van der Waals surface area contributed by atoms with Crippen molar-refractivity contribution >= 4 is 29.3 Å². The van der Waals surface area contributed by atoms with Gasteiger partial charge in [-0.25, -0.2) is 0 Å². The van der Waals surface area contributed by atoms with Crippen molar-refractivity contribution in [2.45, 2.75) is 19.0 Å². The van der Waals surface area contributed by atoms with Crippen LogP contribution in [0.2, 0.25) is 0 Å². The van der Waals surface area contributed by atoms with E-state index >= 15 is 0 Å². The van der Waals surface area contributed by atoms with E-state index in [1.165, 1.54) is 22.2 Å². The van der Waals surface area contributed by atoms with Gasteiger partial charge in [-0.2, -0.15) is 9.78 Å². The highest BCUT2D eigenvalue weighted by Gasteiger charge is 2.05. The number of hydrogen-bond acceptors (Lipinski definition) is 5. The molecule has 2 heterocycles. The summed E-state index contributed by atoms with van der Waals surface area (Å²) in [4.78, 5) is 1.17. The number of thiophene rings is 1. The largest absolute Gasteiger partial charge is 0.211 e. The zero-order valence-electron chi connectivity index (χ0n) is 9.34. The Bertz CT molecular complexity index is 513. The van der Waals surface area contributed by atoms with E-state index in [0.717, 1.165) is 11.0 Å². The van der Waals surface area contributed by atoms with Crippen molar-refractivity contribution in [2.24, 2.45) is 5.10 Å². The quantitative estimate of drug-likeness (QED) is 0.623. The van der Waals surface area contributed by atoms with Gasteiger partial charge in [0.05, 0.1) is 11.1 Å². The maximum Gasteiger partial charge on any atom is 0.211 e. The molecule has 0 saturated heterocycles. The summed E-state index contributed by atoms with van der Waals surface area (Å²) in [5.41, 5.74) is 1.24. The van der Waals surface area contributed by atoms with Gasteiger partial charge in [0.1, 0.15) is 0 Å². The van der Waals surface area contributed by atoms with Crippen LogP contribution in [0.3, 0.4) is 0 Å². The predicted octanol–water partition coefficient (Wildman–Crippen LogP) is 2.56. The van der Waals surface area contributed by atoms with Crippen LogP contribution in [0.4, 0.5) is 0 Å². The smallest absolute Gasteiger partial charge is 0.192 e. The minimum absolute atomic E-state index is 0.801. The molecule has 2 aromatic heterocycles. The van der Waals surface area contributed by atoms with E-state index in [1.807, 2.05) is 19.4 Å². The lowest BCUT2D eigenvalue weighted by Crippen LogP contribution is -1.95. The molecule has 0 atom stereocenters. The molecule has 6 heteroatoms. The summed E-state index contributed by atoms with van der Waals surface area (Å²) in [6.45, 7) is 3.97. The lowest BCUT2D eigenvalue weighted by atomic mass is 10.3. The van der Waals surface area contributed by atoms with Gasteiger partial charge in [0.25, 0.3) is 0 Å². The molecule has 0 aromatic carbocycles. The van der Waals surface area contributed by atoms with Crippen LogP contribution in [0.15, 0.2) is 21.7 Å². The van der Waals surface area contributed by atoms with Crippen molar-refractivity contribution in [1.29, 1.82) is 0 Å². The summed E-state index contributed by atoms with van der Waals surface area (Å²) >= 11 is 3.22. The summed E-state index contributed by atoms with van der Waals surface area (Å²) < 4.78 is 1.75. The molecule has 0 aliphatic heterocycles. The highest BCUT2D eigenvalue weighted by molar-refractivity contribution is 7.98. The Labute approximate surface area is 102 Å². The summed E-state index contributed by atoms with van der Waals surface area (Å²) in [6, 6.07) is 2.08. The van der Waals surface area contributed by atoms with Gasteiger partial charge in [0.15, 0.2) is 5.82 Å². The third-order valence-corrected chi connectivity index (χ3v) is 3.72. The number of thioether (sulfide) groups is 1. The number of rotatable bonds is 3. The fourth-order valence-electron chi connectivity index (χ4n) is 1.23. The second kappa shape index (κ2) is 4.80. The monoisotopic (exact) mass is 252 g/mol. The predicted molar refractivity (Wildman–Crippen MR) is 68.6 cm³/mol. The first-order valence-electron chi connectivity index (χ1n) is 4.77. The topological polar surface area (TPSA) is 43.1 Å². The maximum absolute atomic E-state index is 4.40. The SMILES string of the molecule is CSc1nnc(C)n1/N=C\c1sccc1C. The molecule has 84 valence electrons. The van der Waals surface area contributed by atoms with Crippen LogP contribution >= 0.6 is 23.1 Å². The number of aryl methyl sites for hydroxylation is 2. The summed E-state index contributed by atoms with van der Waals surface area (Å²) in [6.07, 6.45) is 3.82. The van der Waals surface area contributed by atoms with Crippen molar-refractivity contribution in [3.05, 3.63) is 27.7 Å². The molecule has 0 unspecified atom stereocenters. The highest BCUT2D eigenvalue weighted by Crippen LogP contribution is 2.15. The molecule has 0 fully saturated rings. The van der Waals surface area contributed by atoms with Gasteiger partial charge < -0.3 is 0 Å². The molecular formula is C10H12N4S2. The van der Waals surface area contributed by atoms with Gasteiger partial charge in [-0.05, 0) is 37.1 Å². The van der Waals surface area contributed by atoms with Gasteiger partial charge in [0.2, 0.25) is 5.16 Å². The van der Waals surface area contributed by atoms with E-state index < -0.39 is 0 Å². The molecule has 0 spiro atoms. The maximum atomic E-state index is 4.40. The standard InChI is InChI=1S/C10H12N4S2/c1-7-4-5-16-9(7)6-11-14-8(2)12-13-10(14)15-3/h4-6H,1-3H3/b11-6-. The fourth-order valence-corrected chi connectivity index (χ4v) is 2.48. The van der Waals surface area contributed by atoms with E-state index in [1.54, 1.807) is 16.0 Å². The Morgan fingerprint density at radius 2 is 2.25 bits per heavy atom. The van der Waals surface area contributed by atoms with Gasteiger partial charge >= 0.3 is 0 Å². The molecule has 4 nitrogen and oxygen atoms in total. The zero-order chi connectivity index (χ0) is 11.5. The minimum Gasteiger partial charge on any atom is -0.192 e. The average molecular weight is 252 g/mol. The normalized spacial score (nSPS) is 11.4. The minimum atomic E-state index is 0.801. The summed E-state index contributed by atoms with van der Waals surface area (Å²) in [7, 11) is 0. The Morgan fingerprint density at radius 3 is 2.88 bits per heavy atom. The molecule has 0 aliphatic rings. The Morgan fingerprint density at radius 1 is 1.44 bits per heavy atom. The first-order chi connectivity index (χ1) is 7.72. The number of nitrogens with zero attached hydrogens (tertiary/aromatic N) is 4. The molecule has 0 aliphatic carbocycles. The molecule has 16 heavy (non-hydrogen) atoms. The molecule has 0 radical (unpaired) electrons. The highest BCUT2D eigenvalue weighted by atomic mass is 32.2. The summed E-state index contributed by atoms with van der Waals surface area (Å²) in [5, 5.41) is 15.3. The third kappa shape index (κ3) is 2.17. The molecule has 0 saturated carbocycles. The van der Waals surface area contributed by atoms with Crippen molar-refractivity contribution < 1.29 is 0 Å². The third-order valence-electron chi connectivity index (χ3n) is 2.14. The van der Waals surface area contributed by atoms with E-state index in [2.05, 4.69) is 33.7 Å². The Kier molecular flexibility index (Phi) is 3.40. The van der Waals surface area contributed by atoms with Crippen LogP contribution in [0.5, 0.6) is 0 Å². The molecule has 0 N–H and O–H groups in total. The van der Waals surface area contributed by atoms with E-state index in [9.17, 15) is 0 Å². The van der Waals surface area contributed by atoms with Gasteiger partial charge in [-0.1, -0.05) is 11.8 Å². The van der Waals surface area contributed by atoms with Gasteiger partial charge in [0, 0.05) is 0 Å². The van der Waals surface area contributed by atoms with Crippen LogP contribution in [0.1, 0.15) is 16.3 Å². The van der Waals surface area contributed by atoms with E-state index in [0.29, 0.717) is 0 Å². The van der Waals surface area contributed by atoms with Crippen molar-refractivity contribution in [3.8, 4) is 0 Å². The lowest BCUT2D eigenvalue weighted by molar-refractivity contribution is 0.745. The van der Waals surface area contributed by atoms with Gasteiger partial charge in [-0.15, -0.1) is 21.5 Å². The van der Waals surface area contributed by atoms with Crippen molar-refractivity contribution in [1.82, 2.24) is 14.9 Å². The lowest BCUT2D eigenvalue weighted by Gasteiger charge is -1.97. The Hall–Kier alpha value is -1.14. The van der Waals surface area contributed by atoms with Crippen LogP contribution < -0.4 is 0 Å². The second-order valence-electron chi connectivity index (χ2n) is 3.26. The summed E-state index contributed by atoms with van der Waals surface area (Å²) in [5.74, 6) is 0.801. The molecule has 0 amide bonds. The fraction of sp³-hybridized carbons (Fsp3) is 0.300. The average Bonchev–Trinajstić information content (AvgIpc) is 2.82. The van der Waals surface area contributed by atoms with Crippen LogP contribution in [-0.4, -0.2) is 27.3 Å². The first kappa shape index (κ1) is 11.3. The molecule has 2 aromatic rings.